The lowest BCUT2D eigenvalue weighted by Gasteiger charge is -2.05. The number of nitrogens with zero attached hydrogens (tertiary/aromatic N) is 1. The first-order chi connectivity index (χ1) is 6.76. The molecule has 1 aromatic heterocycles. The third-order valence-electron chi connectivity index (χ3n) is 2.62. The minimum atomic E-state index is 0.113. The predicted octanol–water partition coefficient (Wildman–Crippen LogP) is 2.46. The maximum absolute atomic E-state index is 9.20. The van der Waals surface area contributed by atoms with Crippen molar-refractivity contribution < 1.29 is 5.11 Å². The van der Waals surface area contributed by atoms with Gasteiger partial charge in [-0.2, -0.15) is 0 Å². The van der Waals surface area contributed by atoms with Gasteiger partial charge in [-0.15, -0.1) is 0 Å². The molecule has 0 amide bonds. The van der Waals surface area contributed by atoms with Crippen LogP contribution in [0.2, 0.25) is 0 Å². The Labute approximate surface area is 83.8 Å². The SMILES string of the molecule is CCn1c(CO)cc2ccc(C)cc21. The topological polar surface area (TPSA) is 25.2 Å². The van der Waals surface area contributed by atoms with Crippen LogP contribution in [0.4, 0.5) is 0 Å². The van der Waals surface area contributed by atoms with Crippen molar-refractivity contribution in [3.05, 3.63) is 35.5 Å². The highest BCUT2D eigenvalue weighted by Gasteiger charge is 2.05. The summed E-state index contributed by atoms with van der Waals surface area (Å²) in [6.07, 6.45) is 0. The smallest absolute Gasteiger partial charge is 0.0833 e. The lowest BCUT2D eigenvalue weighted by Crippen LogP contribution is -1.99. The zero-order valence-electron chi connectivity index (χ0n) is 8.62. The van der Waals surface area contributed by atoms with Crippen LogP contribution in [-0.2, 0) is 13.2 Å². The maximum atomic E-state index is 9.20. The lowest BCUT2D eigenvalue weighted by atomic mass is 10.2. The second-order valence-electron chi connectivity index (χ2n) is 3.60. The fourth-order valence-corrected chi connectivity index (χ4v) is 1.93. The first kappa shape index (κ1) is 9.28. The molecule has 0 saturated heterocycles. The van der Waals surface area contributed by atoms with Gasteiger partial charge in [-0.3, -0.25) is 0 Å². The van der Waals surface area contributed by atoms with E-state index in [1.54, 1.807) is 0 Å². The highest BCUT2D eigenvalue weighted by molar-refractivity contribution is 5.82. The molecular formula is C12H15NO. The molecule has 2 rings (SSSR count). The lowest BCUT2D eigenvalue weighted by molar-refractivity contribution is 0.272. The van der Waals surface area contributed by atoms with E-state index in [4.69, 9.17) is 0 Å². The summed E-state index contributed by atoms with van der Waals surface area (Å²) in [7, 11) is 0. The predicted molar refractivity (Wildman–Crippen MR) is 58.3 cm³/mol. The summed E-state index contributed by atoms with van der Waals surface area (Å²) in [5.74, 6) is 0. The molecular weight excluding hydrogens is 174 g/mol. The van der Waals surface area contributed by atoms with Crippen molar-refractivity contribution in [1.29, 1.82) is 0 Å². The van der Waals surface area contributed by atoms with E-state index in [0.717, 1.165) is 12.2 Å². The van der Waals surface area contributed by atoms with E-state index < -0.39 is 0 Å². The Morgan fingerprint density at radius 3 is 2.71 bits per heavy atom. The number of aromatic nitrogens is 1. The van der Waals surface area contributed by atoms with Crippen molar-refractivity contribution in [2.24, 2.45) is 0 Å². The fourth-order valence-electron chi connectivity index (χ4n) is 1.93. The van der Waals surface area contributed by atoms with Gasteiger partial charge < -0.3 is 9.67 Å². The average molecular weight is 189 g/mol. The van der Waals surface area contributed by atoms with Gasteiger partial charge in [-0.25, -0.2) is 0 Å². The van der Waals surface area contributed by atoms with Crippen LogP contribution in [0.15, 0.2) is 24.3 Å². The Hall–Kier alpha value is -1.28. The van der Waals surface area contributed by atoms with Gasteiger partial charge in [0.2, 0.25) is 0 Å². The second-order valence-corrected chi connectivity index (χ2v) is 3.60. The maximum Gasteiger partial charge on any atom is 0.0833 e. The van der Waals surface area contributed by atoms with E-state index >= 15 is 0 Å². The van der Waals surface area contributed by atoms with E-state index in [1.807, 2.05) is 0 Å². The highest BCUT2D eigenvalue weighted by Crippen LogP contribution is 2.21. The molecule has 0 saturated carbocycles. The van der Waals surface area contributed by atoms with Crippen LogP contribution in [0.25, 0.3) is 10.9 Å². The van der Waals surface area contributed by atoms with Crippen LogP contribution in [-0.4, -0.2) is 9.67 Å². The van der Waals surface area contributed by atoms with Crippen LogP contribution in [0.5, 0.6) is 0 Å². The second kappa shape index (κ2) is 3.46. The van der Waals surface area contributed by atoms with Crippen LogP contribution < -0.4 is 0 Å². The molecule has 1 heterocycles. The van der Waals surface area contributed by atoms with Gasteiger partial charge in [0.05, 0.1) is 6.61 Å². The standard InChI is InChI=1S/C12H15NO/c1-3-13-11(8-14)7-10-5-4-9(2)6-12(10)13/h4-7,14H,3,8H2,1-2H3. The van der Waals surface area contributed by atoms with Gasteiger partial charge in [-0.1, -0.05) is 12.1 Å². The van der Waals surface area contributed by atoms with E-state index in [9.17, 15) is 5.11 Å². The highest BCUT2D eigenvalue weighted by atomic mass is 16.3. The molecule has 0 fully saturated rings. The average Bonchev–Trinajstić information content (AvgIpc) is 2.54. The van der Waals surface area contributed by atoms with Crippen molar-refractivity contribution in [3.63, 3.8) is 0 Å². The van der Waals surface area contributed by atoms with Crippen molar-refractivity contribution in [2.45, 2.75) is 27.0 Å². The summed E-state index contributed by atoms with van der Waals surface area (Å²) in [6.45, 7) is 5.20. The molecule has 2 aromatic rings. The summed E-state index contributed by atoms with van der Waals surface area (Å²) in [5, 5.41) is 10.4. The van der Waals surface area contributed by atoms with Crippen LogP contribution >= 0.6 is 0 Å². The molecule has 0 aliphatic carbocycles. The zero-order chi connectivity index (χ0) is 10.1. The van der Waals surface area contributed by atoms with Crippen molar-refractivity contribution in [2.75, 3.05) is 0 Å². The summed E-state index contributed by atoms with van der Waals surface area (Å²) in [4.78, 5) is 0. The van der Waals surface area contributed by atoms with E-state index in [1.165, 1.54) is 16.5 Å². The van der Waals surface area contributed by atoms with E-state index in [0.29, 0.717) is 0 Å². The molecule has 0 aliphatic heterocycles. The van der Waals surface area contributed by atoms with Crippen molar-refractivity contribution >= 4 is 10.9 Å². The summed E-state index contributed by atoms with van der Waals surface area (Å²) >= 11 is 0. The molecule has 1 N–H and O–H groups in total. The normalized spacial score (nSPS) is 11.1. The van der Waals surface area contributed by atoms with Crippen LogP contribution in [0.3, 0.4) is 0 Å². The van der Waals surface area contributed by atoms with Gasteiger partial charge in [0.1, 0.15) is 0 Å². The van der Waals surface area contributed by atoms with Gasteiger partial charge in [0, 0.05) is 17.8 Å². The van der Waals surface area contributed by atoms with Crippen molar-refractivity contribution in [3.8, 4) is 0 Å². The monoisotopic (exact) mass is 189 g/mol. The molecule has 0 bridgehead atoms. The Kier molecular flexibility index (Phi) is 2.30. The summed E-state index contributed by atoms with van der Waals surface area (Å²) in [5.41, 5.74) is 3.47. The Bertz CT molecular complexity index is 457. The fraction of sp³-hybridized carbons (Fsp3) is 0.333. The van der Waals surface area contributed by atoms with Gasteiger partial charge in [0.15, 0.2) is 0 Å². The van der Waals surface area contributed by atoms with Gasteiger partial charge >= 0.3 is 0 Å². The largest absolute Gasteiger partial charge is 0.390 e. The number of rotatable bonds is 2. The molecule has 14 heavy (non-hydrogen) atoms. The molecule has 0 atom stereocenters. The molecule has 0 radical (unpaired) electrons. The molecule has 2 nitrogen and oxygen atoms in total. The zero-order valence-corrected chi connectivity index (χ0v) is 8.62. The molecule has 0 spiro atoms. The first-order valence-electron chi connectivity index (χ1n) is 4.96. The quantitative estimate of drug-likeness (QED) is 0.771. The first-order valence-corrected chi connectivity index (χ1v) is 4.96. The Morgan fingerprint density at radius 1 is 1.29 bits per heavy atom. The Balaban J connectivity index is 2.74. The number of aryl methyl sites for hydroxylation is 2. The molecule has 1 aromatic carbocycles. The van der Waals surface area contributed by atoms with E-state index in [-0.39, 0.29) is 6.61 Å². The minimum Gasteiger partial charge on any atom is -0.390 e. The minimum absolute atomic E-state index is 0.113. The number of aliphatic hydroxyl groups is 1. The third kappa shape index (κ3) is 1.32. The van der Waals surface area contributed by atoms with Crippen molar-refractivity contribution in [1.82, 2.24) is 4.57 Å². The molecule has 74 valence electrons. The van der Waals surface area contributed by atoms with Crippen LogP contribution in [0, 0.1) is 6.92 Å². The molecule has 2 heteroatoms. The number of hydrogen-bond donors (Lipinski definition) is 1. The van der Waals surface area contributed by atoms with E-state index in [2.05, 4.69) is 42.7 Å². The number of benzene rings is 1. The van der Waals surface area contributed by atoms with Gasteiger partial charge in [0.25, 0.3) is 0 Å². The summed E-state index contributed by atoms with van der Waals surface area (Å²) < 4.78 is 2.16. The number of fused-ring (bicyclic) bond motifs is 1. The van der Waals surface area contributed by atoms with Crippen LogP contribution in [0.1, 0.15) is 18.2 Å². The molecule has 0 unspecified atom stereocenters. The van der Waals surface area contributed by atoms with Gasteiger partial charge in [-0.05, 0) is 36.9 Å². The molecule has 0 aliphatic rings. The number of hydrogen-bond acceptors (Lipinski definition) is 1. The number of aliphatic hydroxyl groups excluding tert-OH is 1. The third-order valence-corrected chi connectivity index (χ3v) is 2.62. The summed E-state index contributed by atoms with van der Waals surface area (Å²) in [6, 6.07) is 8.43. The Morgan fingerprint density at radius 2 is 2.07 bits per heavy atom.